The number of benzene rings is 4. The third-order valence-corrected chi connectivity index (χ3v) is 17.0. The van der Waals surface area contributed by atoms with Gasteiger partial charge < -0.3 is 50.9 Å². The molecule has 6 rings (SSSR count). The van der Waals surface area contributed by atoms with E-state index in [0.717, 1.165) is 110 Å². The van der Waals surface area contributed by atoms with Crippen LogP contribution in [0.25, 0.3) is 0 Å². The van der Waals surface area contributed by atoms with E-state index in [2.05, 4.69) is 235 Å². The number of hydrogen-bond donors (Lipinski definition) is 2. The van der Waals surface area contributed by atoms with Crippen LogP contribution in [0.5, 0.6) is 23.0 Å². The van der Waals surface area contributed by atoms with Crippen LogP contribution in [0.1, 0.15) is 285 Å². The first-order chi connectivity index (χ1) is 39.8. The quantitative estimate of drug-likeness (QED) is 0.127. The molecule has 90 heavy (non-hydrogen) atoms. The summed E-state index contributed by atoms with van der Waals surface area (Å²) < 4.78 is 0. The summed E-state index contributed by atoms with van der Waals surface area (Å²) in [5, 5.41) is 79.3. The maximum absolute atomic E-state index is 13.7. The molecule has 2 N–H and O–H groups in total. The molecule has 0 bridgehead atoms. The molecule has 4 aromatic carbocycles. The van der Waals surface area contributed by atoms with Crippen molar-refractivity contribution in [2.45, 2.75) is 300 Å². The van der Waals surface area contributed by atoms with E-state index < -0.39 is 11.9 Å². The zero-order chi connectivity index (χ0) is 67.7. The summed E-state index contributed by atoms with van der Waals surface area (Å²) in [6.45, 7) is 60.2. The van der Waals surface area contributed by atoms with E-state index in [0.29, 0.717) is 38.3 Å². The average molecular weight is 1330 g/mol. The van der Waals surface area contributed by atoms with Crippen LogP contribution < -0.4 is 41.3 Å². The van der Waals surface area contributed by atoms with E-state index in [1.165, 1.54) is 35.1 Å². The number of nitrogens with zero attached hydrogens (tertiary/aromatic N) is 2. The number of aliphatic carboxylic acids is 2. The Hall–Kier alpha value is -4.10. The molecule has 0 spiro atoms. The minimum absolute atomic E-state index is 0. The van der Waals surface area contributed by atoms with Crippen LogP contribution in [0.15, 0.2) is 48.5 Å². The number of carbonyl (C=O) groups is 2. The molecule has 0 unspecified atom stereocenters. The molecule has 2 atom stereocenters. The van der Waals surface area contributed by atoms with Gasteiger partial charge in [-0.25, -0.2) is 0 Å². The van der Waals surface area contributed by atoms with Crippen molar-refractivity contribution < 1.29 is 74.4 Å². The van der Waals surface area contributed by atoms with Crippen LogP contribution >= 0.6 is 0 Å². The molecular formula is C76H118Fe2N4O8+4. The van der Waals surface area contributed by atoms with Crippen molar-refractivity contribution in [3.05, 3.63) is 115 Å². The Bertz CT molecular complexity index is 2750. The van der Waals surface area contributed by atoms with E-state index in [4.69, 9.17) is 19.8 Å². The Labute approximate surface area is 567 Å². The molecule has 502 valence electrons. The molecule has 0 saturated carbocycles. The van der Waals surface area contributed by atoms with Gasteiger partial charge in [-0.05, 0) is 163 Å². The summed E-state index contributed by atoms with van der Waals surface area (Å²) in [5.41, 5.74) is 11.2. The fourth-order valence-electron chi connectivity index (χ4n) is 11.4. The second-order valence-electron chi connectivity index (χ2n) is 33.5. The van der Waals surface area contributed by atoms with Gasteiger partial charge in [-0.1, -0.05) is 228 Å². The van der Waals surface area contributed by atoms with Gasteiger partial charge in [0.25, 0.3) is 0 Å². The van der Waals surface area contributed by atoms with Gasteiger partial charge in [0.05, 0.1) is 0 Å². The number of carbonyl (C=O) groups excluding carboxylic acids is 2. The summed E-state index contributed by atoms with van der Waals surface area (Å²) >= 11 is 0. The fourth-order valence-corrected chi connectivity index (χ4v) is 11.4. The van der Waals surface area contributed by atoms with Crippen molar-refractivity contribution in [3.8, 4) is 23.0 Å². The largest absolute Gasteiger partial charge is 5.00 e. The van der Waals surface area contributed by atoms with Crippen molar-refractivity contribution in [3.63, 3.8) is 0 Å². The summed E-state index contributed by atoms with van der Waals surface area (Å²) in [6, 6.07) is 17.7. The van der Waals surface area contributed by atoms with E-state index in [-0.39, 0.29) is 100 Å². The Morgan fingerprint density at radius 1 is 0.378 bits per heavy atom. The molecule has 2 fully saturated rings. The fraction of sp³-hybridized carbons (Fsp3) is 0.658. The molecule has 2 heterocycles. The van der Waals surface area contributed by atoms with E-state index in [9.17, 15) is 20.4 Å². The number of likely N-dealkylation sites (tertiary alicyclic amines) is 2. The van der Waals surface area contributed by atoms with Gasteiger partial charge in [-0.2, -0.15) is 0 Å². The van der Waals surface area contributed by atoms with Crippen LogP contribution in [0.3, 0.4) is 0 Å². The molecule has 2 aliphatic heterocycles. The Morgan fingerprint density at radius 3 is 0.800 bits per heavy atom. The van der Waals surface area contributed by atoms with Crippen molar-refractivity contribution in [1.82, 2.24) is 20.4 Å². The summed E-state index contributed by atoms with van der Waals surface area (Å²) in [6.07, 6.45) is 6.91. The van der Waals surface area contributed by atoms with E-state index in [1.54, 1.807) is 0 Å². The molecule has 2 saturated heterocycles. The van der Waals surface area contributed by atoms with Crippen molar-refractivity contribution in [2.75, 3.05) is 26.2 Å². The number of rotatable bonds is 12. The van der Waals surface area contributed by atoms with E-state index >= 15 is 0 Å². The van der Waals surface area contributed by atoms with Crippen LogP contribution in [-0.2, 0) is 113 Å². The summed E-state index contributed by atoms with van der Waals surface area (Å²) in [5.74, 6) is -1.44. The third-order valence-electron chi connectivity index (χ3n) is 17.0. The average Bonchev–Trinajstić information content (AvgIpc) is 2.11. The Kier molecular flexibility index (Phi) is 31.1. The van der Waals surface area contributed by atoms with E-state index in [1.807, 2.05) is 0 Å². The van der Waals surface area contributed by atoms with Crippen molar-refractivity contribution in [2.24, 2.45) is 0 Å². The number of piperidine rings is 2. The van der Waals surface area contributed by atoms with Crippen molar-refractivity contribution in [1.29, 1.82) is 0 Å². The second kappa shape index (κ2) is 33.3. The minimum atomic E-state index is -1.08. The maximum Gasteiger partial charge on any atom is 5.00 e. The van der Waals surface area contributed by atoms with Gasteiger partial charge in [0.2, 0.25) is 0 Å². The third kappa shape index (κ3) is 25.7. The molecular weight excluding hydrogens is 1210 g/mol. The Morgan fingerprint density at radius 2 is 0.589 bits per heavy atom. The molecule has 2 radical (unpaired) electrons. The number of carboxylic acid groups (broad SMARTS) is 2. The zero-order valence-corrected chi connectivity index (χ0v) is 62.7. The number of nitrogens with one attached hydrogen (secondary N) is 2. The van der Waals surface area contributed by atoms with Gasteiger partial charge in [-0.15, -0.1) is 23.0 Å². The van der Waals surface area contributed by atoms with Gasteiger partial charge in [0, 0.05) is 63.3 Å². The van der Waals surface area contributed by atoms with Gasteiger partial charge >= 0.3 is 34.1 Å². The van der Waals surface area contributed by atoms with Crippen LogP contribution in [0.4, 0.5) is 0 Å². The maximum atomic E-state index is 13.7. The SMILES string of the molecule is CC(=O)[O-].CC(=O)[O-].CC(C)(C)c1cc(CNC[C@@H]2CCCCN2Cc2cc(C(C)(C)C)cc(C(C)(C)C)c2[O-])c([O-])c(C(C)(C)C)c1.CC(C)(C)c1cc(CNC[C@H]2CCCCN2Cc2cc(C(C)(C)C)cc(C(C)(C)C)c2[O-])c([O-])c(C(C)(C)C)c1.[Fe+5].[Fe+5]. The first kappa shape index (κ1) is 83.9. The second-order valence-corrected chi connectivity index (χ2v) is 33.5. The number of carboxylic acids is 2. The van der Waals surface area contributed by atoms with Gasteiger partial charge in [0.15, 0.2) is 0 Å². The first-order valence-corrected chi connectivity index (χ1v) is 32.5. The van der Waals surface area contributed by atoms with Crippen LogP contribution in [-0.4, -0.2) is 60.0 Å². The monoisotopic (exact) mass is 1330 g/mol. The topological polar surface area (TPSA) is 203 Å². The zero-order valence-electron chi connectivity index (χ0n) is 60.5. The minimum Gasteiger partial charge on any atom is -0.872 e. The summed E-state index contributed by atoms with van der Waals surface area (Å²) in [4.78, 5) is 22.8. The molecule has 0 aromatic heterocycles. The molecule has 0 amide bonds. The first-order valence-electron chi connectivity index (χ1n) is 32.5. The molecule has 4 aromatic rings. The molecule has 0 aliphatic carbocycles. The van der Waals surface area contributed by atoms with Gasteiger partial charge in [-0.3, -0.25) is 9.80 Å². The van der Waals surface area contributed by atoms with Crippen LogP contribution in [0.2, 0.25) is 0 Å². The predicted molar refractivity (Wildman–Crippen MR) is 354 cm³/mol. The number of hydrogen-bond acceptors (Lipinski definition) is 12. The van der Waals surface area contributed by atoms with Crippen LogP contribution in [0, 0.1) is 0 Å². The Balaban J connectivity index is 0.000000787. The summed E-state index contributed by atoms with van der Waals surface area (Å²) in [7, 11) is 0. The van der Waals surface area contributed by atoms with Crippen molar-refractivity contribution >= 4 is 11.9 Å². The standard InChI is InChI=1S/2C36H58N2O2.2C2H4O2.2Fe/c2*1-33(2,3)26-17-24(31(39)29(19-26)35(7,8)9)21-37-22-28-15-13-14-16-38(28)23-25-18-27(34(4,5)6)20-30(32(25)40)36(10,11)12;2*1-2(3)4;;/h2*17-20,28,37,39-40H,13-16,21-23H2,1-12H3;2*1H3,(H,3,4);;/q;;;;2*+5/p-6/t2*28-;;;;/m10..../s1. The predicted octanol–water partition coefficient (Wildman–Crippen LogP) is 11.8. The molecule has 12 nitrogen and oxygen atoms in total. The van der Waals surface area contributed by atoms with Gasteiger partial charge in [0.1, 0.15) is 0 Å². The smallest absolute Gasteiger partial charge is 0.872 e. The normalized spacial score (nSPS) is 16.4. The molecule has 14 heteroatoms. The molecule has 2 aliphatic rings.